The number of aliphatic hydroxyl groups is 1. The Labute approximate surface area is 103 Å². The summed E-state index contributed by atoms with van der Waals surface area (Å²) in [6, 6.07) is 14.8. The fourth-order valence-electron chi connectivity index (χ4n) is 2.27. The molecule has 0 spiro atoms. The molecule has 2 rings (SSSR count). The van der Waals surface area contributed by atoms with E-state index in [9.17, 15) is 5.11 Å². The molecule has 2 aromatic carbocycles. The van der Waals surface area contributed by atoms with Crippen LogP contribution in [0.3, 0.4) is 0 Å². The van der Waals surface area contributed by atoms with Crippen LogP contribution in [0.1, 0.15) is 25.8 Å². The van der Waals surface area contributed by atoms with E-state index in [1.54, 1.807) is 0 Å². The second-order valence-corrected chi connectivity index (χ2v) is 5.17. The summed E-state index contributed by atoms with van der Waals surface area (Å²) in [6.07, 6.45) is 1.40. The lowest BCUT2D eigenvalue weighted by Crippen LogP contribution is -2.13. The van der Waals surface area contributed by atoms with Gasteiger partial charge in [0.15, 0.2) is 0 Å². The molecule has 0 amide bonds. The van der Waals surface area contributed by atoms with E-state index in [0.29, 0.717) is 5.92 Å². The SMILES string of the molecule is CC(C)CC(O)Cc1ccc2ccccc2c1. The molecule has 0 aromatic heterocycles. The van der Waals surface area contributed by atoms with Crippen LogP contribution in [0.25, 0.3) is 10.8 Å². The van der Waals surface area contributed by atoms with Crippen LogP contribution in [-0.4, -0.2) is 11.2 Å². The predicted molar refractivity (Wildman–Crippen MR) is 73.1 cm³/mol. The van der Waals surface area contributed by atoms with Gasteiger partial charge >= 0.3 is 0 Å². The Balaban J connectivity index is 2.14. The topological polar surface area (TPSA) is 20.2 Å². The van der Waals surface area contributed by atoms with Crippen LogP contribution in [0.4, 0.5) is 0 Å². The van der Waals surface area contributed by atoms with Crippen LogP contribution in [-0.2, 0) is 6.42 Å². The van der Waals surface area contributed by atoms with Crippen LogP contribution in [0.5, 0.6) is 0 Å². The van der Waals surface area contributed by atoms with Crippen molar-refractivity contribution in [1.82, 2.24) is 0 Å². The third-order valence-electron chi connectivity index (χ3n) is 3.03. The first-order valence-corrected chi connectivity index (χ1v) is 6.31. The molecule has 0 fully saturated rings. The zero-order chi connectivity index (χ0) is 12.3. The molecule has 1 heteroatoms. The van der Waals surface area contributed by atoms with Gasteiger partial charge in [-0.1, -0.05) is 56.3 Å². The van der Waals surface area contributed by atoms with Gasteiger partial charge in [0, 0.05) is 0 Å². The zero-order valence-corrected chi connectivity index (χ0v) is 10.6. The first kappa shape index (κ1) is 12.1. The molecule has 1 atom stereocenters. The molecule has 17 heavy (non-hydrogen) atoms. The molecule has 0 saturated carbocycles. The van der Waals surface area contributed by atoms with Crippen LogP contribution < -0.4 is 0 Å². The maximum absolute atomic E-state index is 9.95. The molecule has 0 bridgehead atoms. The van der Waals surface area contributed by atoms with Crippen molar-refractivity contribution in [3.63, 3.8) is 0 Å². The maximum atomic E-state index is 9.95. The lowest BCUT2D eigenvalue weighted by molar-refractivity contribution is 0.149. The van der Waals surface area contributed by atoms with Crippen molar-refractivity contribution in [2.75, 3.05) is 0 Å². The number of hydrogen-bond donors (Lipinski definition) is 1. The highest BCUT2D eigenvalue weighted by Crippen LogP contribution is 2.18. The fraction of sp³-hybridized carbons (Fsp3) is 0.375. The summed E-state index contributed by atoms with van der Waals surface area (Å²) in [5, 5.41) is 12.5. The van der Waals surface area contributed by atoms with Gasteiger partial charge in [-0.25, -0.2) is 0 Å². The quantitative estimate of drug-likeness (QED) is 0.844. The van der Waals surface area contributed by atoms with E-state index in [0.717, 1.165) is 12.8 Å². The van der Waals surface area contributed by atoms with E-state index in [4.69, 9.17) is 0 Å². The van der Waals surface area contributed by atoms with Crippen molar-refractivity contribution in [3.8, 4) is 0 Å². The lowest BCUT2D eigenvalue weighted by Gasteiger charge is -2.13. The number of hydrogen-bond acceptors (Lipinski definition) is 1. The van der Waals surface area contributed by atoms with Crippen molar-refractivity contribution >= 4 is 10.8 Å². The van der Waals surface area contributed by atoms with Crippen molar-refractivity contribution in [3.05, 3.63) is 48.0 Å². The van der Waals surface area contributed by atoms with Crippen molar-refractivity contribution < 1.29 is 5.11 Å². The summed E-state index contributed by atoms with van der Waals surface area (Å²) in [4.78, 5) is 0. The molecule has 0 saturated heterocycles. The van der Waals surface area contributed by atoms with Gasteiger partial charge in [-0.3, -0.25) is 0 Å². The number of rotatable bonds is 4. The summed E-state index contributed by atoms with van der Waals surface area (Å²) >= 11 is 0. The molecular weight excluding hydrogens is 208 g/mol. The Morgan fingerprint density at radius 1 is 1.00 bits per heavy atom. The highest BCUT2D eigenvalue weighted by Gasteiger charge is 2.08. The minimum absolute atomic E-state index is 0.226. The van der Waals surface area contributed by atoms with Crippen LogP contribution in [0.2, 0.25) is 0 Å². The summed E-state index contributed by atoms with van der Waals surface area (Å²) in [5.74, 6) is 0.547. The molecule has 90 valence electrons. The molecule has 1 nitrogen and oxygen atoms in total. The summed E-state index contributed by atoms with van der Waals surface area (Å²) < 4.78 is 0. The molecule has 0 heterocycles. The minimum Gasteiger partial charge on any atom is -0.393 e. The lowest BCUT2D eigenvalue weighted by atomic mass is 9.98. The molecule has 0 aliphatic rings. The second kappa shape index (κ2) is 5.33. The molecule has 0 aliphatic carbocycles. The monoisotopic (exact) mass is 228 g/mol. The van der Waals surface area contributed by atoms with Crippen LogP contribution >= 0.6 is 0 Å². The fourth-order valence-corrected chi connectivity index (χ4v) is 2.27. The average molecular weight is 228 g/mol. The van der Waals surface area contributed by atoms with Gasteiger partial charge in [0.25, 0.3) is 0 Å². The normalized spacial score (nSPS) is 13.2. The van der Waals surface area contributed by atoms with E-state index in [1.165, 1.54) is 16.3 Å². The first-order chi connectivity index (χ1) is 8.15. The Kier molecular flexibility index (Phi) is 3.80. The summed E-state index contributed by atoms with van der Waals surface area (Å²) in [6.45, 7) is 4.28. The number of aliphatic hydroxyl groups excluding tert-OH is 1. The van der Waals surface area contributed by atoms with Gasteiger partial charge in [0.2, 0.25) is 0 Å². The zero-order valence-electron chi connectivity index (χ0n) is 10.6. The van der Waals surface area contributed by atoms with Gasteiger partial charge < -0.3 is 5.11 Å². The van der Waals surface area contributed by atoms with Gasteiger partial charge in [-0.15, -0.1) is 0 Å². The van der Waals surface area contributed by atoms with Gasteiger partial charge in [-0.05, 0) is 35.1 Å². The van der Waals surface area contributed by atoms with E-state index in [2.05, 4.69) is 56.3 Å². The third kappa shape index (κ3) is 3.31. The van der Waals surface area contributed by atoms with Gasteiger partial charge in [0.1, 0.15) is 0 Å². The molecule has 1 N–H and O–H groups in total. The Morgan fingerprint density at radius 3 is 2.41 bits per heavy atom. The molecule has 1 unspecified atom stereocenters. The smallest absolute Gasteiger partial charge is 0.0583 e. The minimum atomic E-state index is -0.226. The van der Waals surface area contributed by atoms with Crippen LogP contribution in [0.15, 0.2) is 42.5 Å². The van der Waals surface area contributed by atoms with Gasteiger partial charge in [0.05, 0.1) is 6.10 Å². The molecule has 0 aliphatic heterocycles. The predicted octanol–water partition coefficient (Wildman–Crippen LogP) is 3.79. The molecule has 0 radical (unpaired) electrons. The van der Waals surface area contributed by atoms with E-state index in [-0.39, 0.29) is 6.10 Å². The Morgan fingerprint density at radius 2 is 1.71 bits per heavy atom. The summed E-state index contributed by atoms with van der Waals surface area (Å²) in [5.41, 5.74) is 1.22. The summed E-state index contributed by atoms with van der Waals surface area (Å²) in [7, 11) is 0. The van der Waals surface area contributed by atoms with Crippen molar-refractivity contribution in [2.24, 2.45) is 5.92 Å². The average Bonchev–Trinajstić information content (AvgIpc) is 2.27. The largest absolute Gasteiger partial charge is 0.393 e. The van der Waals surface area contributed by atoms with Crippen molar-refractivity contribution in [1.29, 1.82) is 0 Å². The maximum Gasteiger partial charge on any atom is 0.0583 e. The highest BCUT2D eigenvalue weighted by atomic mass is 16.3. The highest BCUT2D eigenvalue weighted by molar-refractivity contribution is 5.82. The van der Waals surface area contributed by atoms with E-state index < -0.39 is 0 Å². The third-order valence-corrected chi connectivity index (χ3v) is 3.03. The van der Waals surface area contributed by atoms with E-state index >= 15 is 0 Å². The number of fused-ring (bicyclic) bond motifs is 1. The Hall–Kier alpha value is -1.34. The van der Waals surface area contributed by atoms with Crippen molar-refractivity contribution in [2.45, 2.75) is 32.8 Å². The standard InChI is InChI=1S/C16H20O/c1-12(2)9-16(17)11-13-7-8-14-5-3-4-6-15(14)10-13/h3-8,10,12,16-17H,9,11H2,1-2H3. The first-order valence-electron chi connectivity index (χ1n) is 6.31. The van der Waals surface area contributed by atoms with E-state index in [1.807, 2.05) is 0 Å². The van der Waals surface area contributed by atoms with Crippen LogP contribution in [0, 0.1) is 5.92 Å². The van der Waals surface area contributed by atoms with Gasteiger partial charge in [-0.2, -0.15) is 0 Å². The number of benzene rings is 2. The second-order valence-electron chi connectivity index (χ2n) is 5.17. The molecule has 2 aromatic rings. The Bertz CT molecular complexity index is 488. The molecular formula is C16H20O.